The molecular formula is C10H10N2O5. The van der Waals surface area contributed by atoms with Gasteiger partial charge >= 0.3 is 11.9 Å². The Labute approximate surface area is 96.1 Å². The van der Waals surface area contributed by atoms with Crippen molar-refractivity contribution in [2.24, 2.45) is 5.84 Å². The van der Waals surface area contributed by atoms with E-state index in [0.29, 0.717) is 0 Å². The highest BCUT2D eigenvalue weighted by Crippen LogP contribution is 2.20. The lowest BCUT2D eigenvalue weighted by molar-refractivity contribution is -0.158. The summed E-state index contributed by atoms with van der Waals surface area (Å²) in [5.41, 5.74) is 2.60. The van der Waals surface area contributed by atoms with E-state index in [-0.39, 0.29) is 11.3 Å². The minimum Gasteiger partial charge on any atom is -0.473 e. The lowest BCUT2D eigenvalue weighted by Crippen LogP contribution is -2.31. The number of aryl methyl sites for hydroxylation is 1. The minimum atomic E-state index is -1.75. The van der Waals surface area contributed by atoms with Crippen LogP contribution in [0.15, 0.2) is 18.2 Å². The van der Waals surface area contributed by atoms with E-state index in [0.717, 1.165) is 5.56 Å². The topological polar surface area (TPSA) is 119 Å². The summed E-state index contributed by atoms with van der Waals surface area (Å²) in [7, 11) is 0. The van der Waals surface area contributed by atoms with E-state index < -0.39 is 17.8 Å². The number of carboxylic acids is 1. The molecule has 0 saturated heterocycles. The number of rotatable bonds is 2. The molecule has 0 saturated carbocycles. The molecule has 1 amide bonds. The number of nitrogen functional groups attached to an aromatic ring is 1. The Bertz CT molecular complexity index is 484. The van der Waals surface area contributed by atoms with Crippen molar-refractivity contribution >= 4 is 17.8 Å². The highest BCUT2D eigenvalue weighted by Gasteiger charge is 2.19. The van der Waals surface area contributed by atoms with Crippen molar-refractivity contribution in [1.82, 2.24) is 5.43 Å². The Morgan fingerprint density at radius 2 is 2.00 bits per heavy atom. The van der Waals surface area contributed by atoms with Gasteiger partial charge in [0.2, 0.25) is 0 Å². The van der Waals surface area contributed by atoms with Crippen LogP contribution in [0, 0.1) is 6.92 Å². The molecule has 17 heavy (non-hydrogen) atoms. The van der Waals surface area contributed by atoms with Gasteiger partial charge in [0.15, 0.2) is 0 Å². The van der Waals surface area contributed by atoms with E-state index in [4.69, 9.17) is 10.9 Å². The molecule has 7 nitrogen and oxygen atoms in total. The Hall–Kier alpha value is -2.41. The van der Waals surface area contributed by atoms with E-state index in [9.17, 15) is 14.4 Å². The Morgan fingerprint density at radius 1 is 1.35 bits per heavy atom. The highest BCUT2D eigenvalue weighted by molar-refractivity contribution is 6.29. The van der Waals surface area contributed by atoms with E-state index in [1.165, 1.54) is 12.1 Å². The average Bonchev–Trinajstić information content (AvgIpc) is 2.30. The number of hydrazine groups is 1. The van der Waals surface area contributed by atoms with Crippen molar-refractivity contribution in [2.45, 2.75) is 6.92 Å². The van der Waals surface area contributed by atoms with Crippen molar-refractivity contribution in [3.63, 3.8) is 0 Å². The Morgan fingerprint density at radius 3 is 2.53 bits per heavy atom. The molecule has 0 aromatic heterocycles. The summed E-state index contributed by atoms with van der Waals surface area (Å²) in [6, 6.07) is 4.31. The molecule has 4 N–H and O–H groups in total. The summed E-state index contributed by atoms with van der Waals surface area (Å²) < 4.78 is 4.53. The number of esters is 1. The van der Waals surface area contributed by atoms with Crippen LogP contribution in [0.25, 0.3) is 0 Å². The third kappa shape index (κ3) is 3.02. The molecule has 1 rings (SSSR count). The number of amides is 1. The fourth-order valence-corrected chi connectivity index (χ4v) is 1.13. The molecule has 0 atom stereocenters. The van der Waals surface area contributed by atoms with Crippen LogP contribution in [0.5, 0.6) is 5.75 Å². The zero-order valence-electron chi connectivity index (χ0n) is 8.89. The van der Waals surface area contributed by atoms with E-state index in [1.807, 2.05) is 5.43 Å². The maximum atomic E-state index is 11.4. The van der Waals surface area contributed by atoms with Crippen molar-refractivity contribution in [3.8, 4) is 5.75 Å². The quantitative estimate of drug-likeness (QED) is 0.161. The largest absolute Gasteiger partial charge is 0.473 e. The van der Waals surface area contributed by atoms with Crippen molar-refractivity contribution in [2.75, 3.05) is 0 Å². The third-order valence-electron chi connectivity index (χ3n) is 1.89. The number of ether oxygens (including phenoxy) is 1. The molecule has 0 radical (unpaired) electrons. The minimum absolute atomic E-state index is 0.0119. The van der Waals surface area contributed by atoms with Crippen molar-refractivity contribution in [1.29, 1.82) is 0 Å². The second kappa shape index (κ2) is 5.08. The molecule has 0 aliphatic heterocycles. The first-order valence-corrected chi connectivity index (χ1v) is 4.52. The summed E-state index contributed by atoms with van der Waals surface area (Å²) >= 11 is 0. The molecule has 0 bridgehead atoms. The predicted octanol–water partition coefficient (Wildman–Crippen LogP) is -0.411. The van der Waals surface area contributed by atoms with Crippen LogP contribution < -0.4 is 16.0 Å². The van der Waals surface area contributed by atoms with Crippen LogP contribution in [0.2, 0.25) is 0 Å². The molecular weight excluding hydrogens is 228 g/mol. The highest BCUT2D eigenvalue weighted by atomic mass is 16.6. The van der Waals surface area contributed by atoms with Gasteiger partial charge in [-0.05, 0) is 19.1 Å². The zero-order valence-corrected chi connectivity index (χ0v) is 8.89. The van der Waals surface area contributed by atoms with Gasteiger partial charge in [-0.2, -0.15) is 0 Å². The lowest BCUT2D eigenvalue weighted by atomic mass is 10.1. The first-order chi connectivity index (χ1) is 7.95. The van der Waals surface area contributed by atoms with Crippen LogP contribution >= 0.6 is 0 Å². The molecule has 0 aliphatic rings. The molecule has 7 heteroatoms. The molecule has 0 unspecified atom stereocenters. The number of benzene rings is 1. The number of hydrogen-bond acceptors (Lipinski definition) is 5. The van der Waals surface area contributed by atoms with Gasteiger partial charge in [0.25, 0.3) is 5.91 Å². The first-order valence-electron chi connectivity index (χ1n) is 4.52. The molecule has 0 aliphatic carbocycles. The SMILES string of the molecule is Cc1ccc(OC(=O)C(=O)O)c(C(=O)NN)c1. The third-order valence-corrected chi connectivity index (χ3v) is 1.89. The molecule has 0 fully saturated rings. The zero-order chi connectivity index (χ0) is 13.0. The fourth-order valence-electron chi connectivity index (χ4n) is 1.13. The summed E-state index contributed by atoms with van der Waals surface area (Å²) in [4.78, 5) is 32.6. The monoisotopic (exact) mass is 238 g/mol. The number of aliphatic carboxylic acids is 1. The van der Waals surface area contributed by atoms with E-state index in [2.05, 4.69) is 4.74 Å². The summed E-state index contributed by atoms with van der Waals surface area (Å²) in [6.45, 7) is 1.72. The van der Waals surface area contributed by atoms with Gasteiger partial charge in [-0.1, -0.05) is 11.6 Å². The Balaban J connectivity index is 3.10. The van der Waals surface area contributed by atoms with Crippen LogP contribution in [0.3, 0.4) is 0 Å². The van der Waals surface area contributed by atoms with Gasteiger partial charge < -0.3 is 9.84 Å². The summed E-state index contributed by atoms with van der Waals surface area (Å²) in [5, 5.41) is 8.38. The van der Waals surface area contributed by atoms with Gasteiger partial charge in [0.05, 0.1) is 5.56 Å². The van der Waals surface area contributed by atoms with Crippen molar-refractivity contribution < 1.29 is 24.2 Å². The maximum absolute atomic E-state index is 11.4. The first kappa shape index (κ1) is 12.7. The van der Waals surface area contributed by atoms with Crippen LogP contribution in [-0.2, 0) is 9.59 Å². The number of carbonyl (C=O) groups is 3. The summed E-state index contributed by atoms with van der Waals surface area (Å²) in [6.07, 6.45) is 0. The smallest absolute Gasteiger partial charge is 0.422 e. The van der Waals surface area contributed by atoms with Gasteiger partial charge in [-0.3, -0.25) is 10.2 Å². The van der Waals surface area contributed by atoms with E-state index in [1.54, 1.807) is 13.0 Å². The molecule has 1 aromatic carbocycles. The number of nitrogens with two attached hydrogens (primary N) is 1. The molecule has 0 spiro atoms. The van der Waals surface area contributed by atoms with Crippen LogP contribution in [0.4, 0.5) is 0 Å². The van der Waals surface area contributed by atoms with Gasteiger partial charge in [0.1, 0.15) is 5.75 Å². The van der Waals surface area contributed by atoms with Gasteiger partial charge in [-0.15, -0.1) is 0 Å². The van der Waals surface area contributed by atoms with Crippen LogP contribution in [0.1, 0.15) is 15.9 Å². The van der Waals surface area contributed by atoms with Crippen LogP contribution in [-0.4, -0.2) is 23.0 Å². The predicted molar refractivity (Wildman–Crippen MR) is 56.1 cm³/mol. The fraction of sp³-hybridized carbons (Fsp3) is 0.100. The standard InChI is InChI=1S/C10H10N2O5/c1-5-2-3-7(17-10(16)9(14)15)6(4-5)8(13)12-11/h2-4H,11H2,1H3,(H,12,13)(H,14,15). The second-order valence-electron chi connectivity index (χ2n) is 3.17. The number of carbonyl (C=O) groups excluding carboxylic acids is 2. The Kier molecular flexibility index (Phi) is 3.78. The molecule has 1 aromatic rings. The second-order valence-corrected chi connectivity index (χ2v) is 3.17. The summed E-state index contributed by atoms with van der Waals surface area (Å²) in [5.74, 6) is 0.899. The average molecular weight is 238 g/mol. The van der Waals surface area contributed by atoms with Gasteiger partial charge in [-0.25, -0.2) is 15.4 Å². The van der Waals surface area contributed by atoms with Gasteiger partial charge in [0, 0.05) is 0 Å². The van der Waals surface area contributed by atoms with E-state index >= 15 is 0 Å². The number of nitrogens with one attached hydrogen (secondary N) is 1. The molecule has 90 valence electrons. The number of carboxylic acid groups (broad SMARTS) is 1. The number of hydrogen-bond donors (Lipinski definition) is 3. The molecule has 0 heterocycles. The normalized spacial score (nSPS) is 9.53. The van der Waals surface area contributed by atoms with Crippen molar-refractivity contribution in [3.05, 3.63) is 29.3 Å². The lowest BCUT2D eigenvalue weighted by Gasteiger charge is -2.08. The maximum Gasteiger partial charge on any atom is 0.422 e.